The van der Waals surface area contributed by atoms with E-state index in [0.717, 1.165) is 18.8 Å². The number of anilines is 1. The average Bonchev–Trinajstić information content (AvgIpc) is 2.61. The van der Waals surface area contributed by atoms with Gasteiger partial charge in [0.15, 0.2) is 0 Å². The van der Waals surface area contributed by atoms with Crippen molar-refractivity contribution in [3.8, 4) is 0 Å². The molecule has 1 aromatic carbocycles. The number of hydrogen-bond donors (Lipinski definition) is 0. The monoisotopic (exact) mass is 311 g/mol. The number of benzene rings is 1. The third kappa shape index (κ3) is 3.94. The van der Waals surface area contributed by atoms with E-state index in [9.17, 15) is 9.18 Å². The van der Waals surface area contributed by atoms with Crippen molar-refractivity contribution in [2.24, 2.45) is 0 Å². The van der Waals surface area contributed by atoms with Gasteiger partial charge in [-0.1, -0.05) is 12.1 Å². The number of hydrogen-bond acceptors (Lipinski definition) is 3. The highest BCUT2D eigenvalue weighted by Crippen LogP contribution is 2.15. The smallest absolute Gasteiger partial charge is 0.246 e. The minimum absolute atomic E-state index is 0.0383. The molecule has 2 heterocycles. The summed E-state index contributed by atoms with van der Waals surface area (Å²) >= 11 is 0. The van der Waals surface area contributed by atoms with Gasteiger partial charge in [-0.3, -0.25) is 9.78 Å². The Labute approximate surface area is 134 Å². The minimum atomic E-state index is -0.300. The third-order valence-electron chi connectivity index (χ3n) is 3.89. The summed E-state index contributed by atoms with van der Waals surface area (Å²) in [4.78, 5) is 20.3. The molecule has 23 heavy (non-hydrogen) atoms. The van der Waals surface area contributed by atoms with E-state index in [1.54, 1.807) is 30.6 Å². The molecule has 2 aromatic rings. The van der Waals surface area contributed by atoms with Crippen molar-refractivity contribution < 1.29 is 9.18 Å². The van der Waals surface area contributed by atoms with Crippen LogP contribution in [0.2, 0.25) is 0 Å². The summed E-state index contributed by atoms with van der Waals surface area (Å²) in [5.41, 5.74) is 1.82. The standard InChI is InChI=1S/C18H18FN3O/c19-16-3-1-2-15(14-16)4-5-18(23)22-12-10-21(11-13-22)17-6-8-20-9-7-17/h1-9,14H,10-13H2/b5-4+. The number of piperazine rings is 1. The van der Waals surface area contributed by atoms with E-state index in [0.29, 0.717) is 18.7 Å². The Morgan fingerprint density at radius 3 is 2.52 bits per heavy atom. The van der Waals surface area contributed by atoms with E-state index >= 15 is 0 Å². The Morgan fingerprint density at radius 2 is 1.83 bits per heavy atom. The molecule has 0 atom stereocenters. The number of halogens is 1. The molecule has 1 aliphatic rings. The van der Waals surface area contributed by atoms with Gasteiger partial charge in [-0.2, -0.15) is 0 Å². The maximum absolute atomic E-state index is 13.1. The van der Waals surface area contributed by atoms with E-state index < -0.39 is 0 Å². The number of amides is 1. The number of nitrogens with zero attached hydrogens (tertiary/aromatic N) is 3. The van der Waals surface area contributed by atoms with Gasteiger partial charge in [-0.05, 0) is 35.9 Å². The van der Waals surface area contributed by atoms with Gasteiger partial charge in [0, 0.05) is 50.3 Å². The number of pyridine rings is 1. The highest BCUT2D eigenvalue weighted by molar-refractivity contribution is 5.92. The molecule has 3 rings (SSSR count). The summed E-state index contributed by atoms with van der Waals surface area (Å²) < 4.78 is 13.1. The van der Waals surface area contributed by atoms with E-state index in [-0.39, 0.29) is 11.7 Å². The molecule has 1 amide bonds. The number of carbonyl (C=O) groups is 1. The first kappa shape index (κ1) is 15.2. The normalized spacial score (nSPS) is 15.2. The summed E-state index contributed by atoms with van der Waals surface area (Å²) in [5, 5.41) is 0. The van der Waals surface area contributed by atoms with Gasteiger partial charge in [0.1, 0.15) is 5.82 Å². The topological polar surface area (TPSA) is 36.4 Å². The maximum Gasteiger partial charge on any atom is 0.246 e. The highest BCUT2D eigenvalue weighted by Gasteiger charge is 2.19. The van der Waals surface area contributed by atoms with Gasteiger partial charge in [-0.15, -0.1) is 0 Å². The van der Waals surface area contributed by atoms with Crippen LogP contribution in [0.3, 0.4) is 0 Å². The van der Waals surface area contributed by atoms with Crippen LogP contribution in [0.4, 0.5) is 10.1 Å². The second kappa shape index (κ2) is 7.05. The molecule has 0 aliphatic carbocycles. The van der Waals surface area contributed by atoms with Crippen LogP contribution in [-0.2, 0) is 4.79 Å². The maximum atomic E-state index is 13.1. The zero-order valence-electron chi connectivity index (χ0n) is 12.7. The largest absolute Gasteiger partial charge is 0.368 e. The van der Waals surface area contributed by atoms with Gasteiger partial charge >= 0.3 is 0 Å². The zero-order valence-corrected chi connectivity index (χ0v) is 12.7. The van der Waals surface area contributed by atoms with Crippen LogP contribution in [0, 0.1) is 5.82 Å². The number of carbonyl (C=O) groups excluding carboxylic acids is 1. The Kier molecular flexibility index (Phi) is 4.66. The van der Waals surface area contributed by atoms with Crippen LogP contribution in [0.25, 0.3) is 6.08 Å². The first-order valence-corrected chi connectivity index (χ1v) is 7.60. The van der Waals surface area contributed by atoms with Crippen LogP contribution < -0.4 is 4.90 Å². The van der Waals surface area contributed by atoms with E-state index in [1.807, 2.05) is 17.0 Å². The van der Waals surface area contributed by atoms with Gasteiger partial charge in [-0.25, -0.2) is 4.39 Å². The lowest BCUT2D eigenvalue weighted by Gasteiger charge is -2.35. The fourth-order valence-corrected chi connectivity index (χ4v) is 2.62. The Hall–Kier alpha value is -2.69. The van der Waals surface area contributed by atoms with E-state index in [4.69, 9.17) is 0 Å². The van der Waals surface area contributed by atoms with Gasteiger partial charge in [0.05, 0.1) is 0 Å². The van der Waals surface area contributed by atoms with Crippen molar-refractivity contribution in [2.45, 2.75) is 0 Å². The highest BCUT2D eigenvalue weighted by atomic mass is 19.1. The Morgan fingerprint density at radius 1 is 1.09 bits per heavy atom. The van der Waals surface area contributed by atoms with Gasteiger partial charge in [0.2, 0.25) is 5.91 Å². The molecule has 5 heteroatoms. The van der Waals surface area contributed by atoms with Crippen LogP contribution >= 0.6 is 0 Å². The first-order chi connectivity index (χ1) is 11.2. The molecule has 0 spiro atoms. The van der Waals surface area contributed by atoms with E-state index in [2.05, 4.69) is 9.88 Å². The molecular formula is C18H18FN3O. The fraction of sp³-hybridized carbons (Fsp3) is 0.222. The third-order valence-corrected chi connectivity index (χ3v) is 3.89. The lowest BCUT2D eigenvalue weighted by atomic mass is 10.2. The van der Waals surface area contributed by atoms with Gasteiger partial charge < -0.3 is 9.80 Å². The van der Waals surface area contributed by atoms with Crippen molar-refractivity contribution in [1.29, 1.82) is 0 Å². The van der Waals surface area contributed by atoms with Gasteiger partial charge in [0.25, 0.3) is 0 Å². The van der Waals surface area contributed by atoms with Crippen molar-refractivity contribution in [3.63, 3.8) is 0 Å². The molecule has 0 bridgehead atoms. The quantitative estimate of drug-likeness (QED) is 0.818. The number of rotatable bonds is 3. The number of aromatic nitrogens is 1. The fourth-order valence-electron chi connectivity index (χ4n) is 2.62. The molecule has 1 fully saturated rings. The van der Waals surface area contributed by atoms with Crippen LogP contribution in [0.5, 0.6) is 0 Å². The first-order valence-electron chi connectivity index (χ1n) is 7.60. The van der Waals surface area contributed by atoms with Crippen molar-refractivity contribution in [2.75, 3.05) is 31.1 Å². The zero-order chi connectivity index (χ0) is 16.1. The summed E-state index contributed by atoms with van der Waals surface area (Å²) in [6, 6.07) is 10.1. The molecule has 4 nitrogen and oxygen atoms in total. The van der Waals surface area contributed by atoms with Crippen molar-refractivity contribution in [1.82, 2.24) is 9.88 Å². The molecule has 0 saturated carbocycles. The molecule has 0 unspecified atom stereocenters. The summed E-state index contributed by atoms with van der Waals surface area (Å²) in [5.74, 6) is -0.339. The van der Waals surface area contributed by atoms with Crippen molar-refractivity contribution >= 4 is 17.7 Å². The van der Waals surface area contributed by atoms with Crippen molar-refractivity contribution in [3.05, 3.63) is 66.2 Å². The molecule has 0 N–H and O–H groups in total. The van der Waals surface area contributed by atoms with E-state index in [1.165, 1.54) is 18.2 Å². The molecule has 0 radical (unpaired) electrons. The second-order valence-electron chi connectivity index (χ2n) is 5.41. The van der Waals surface area contributed by atoms with Crippen LogP contribution in [-0.4, -0.2) is 42.0 Å². The predicted molar refractivity (Wildman–Crippen MR) is 88.5 cm³/mol. The molecule has 1 saturated heterocycles. The summed E-state index contributed by atoms with van der Waals surface area (Å²) in [6.45, 7) is 2.94. The van der Waals surface area contributed by atoms with Crippen LogP contribution in [0.15, 0.2) is 54.9 Å². The molecular weight excluding hydrogens is 293 g/mol. The lowest BCUT2D eigenvalue weighted by Crippen LogP contribution is -2.48. The predicted octanol–water partition coefficient (Wildman–Crippen LogP) is 2.58. The molecule has 1 aromatic heterocycles. The summed E-state index contributed by atoms with van der Waals surface area (Å²) in [7, 11) is 0. The minimum Gasteiger partial charge on any atom is -0.368 e. The average molecular weight is 311 g/mol. The molecule has 118 valence electrons. The SMILES string of the molecule is O=C(/C=C/c1cccc(F)c1)N1CCN(c2ccncc2)CC1. The lowest BCUT2D eigenvalue weighted by molar-refractivity contribution is -0.126. The Balaban J connectivity index is 1.56. The second-order valence-corrected chi connectivity index (χ2v) is 5.41. The van der Waals surface area contributed by atoms with Crippen LogP contribution in [0.1, 0.15) is 5.56 Å². The summed E-state index contributed by atoms with van der Waals surface area (Å²) in [6.07, 6.45) is 6.71. The Bertz CT molecular complexity index is 694. The molecule has 1 aliphatic heterocycles.